The highest BCUT2D eigenvalue weighted by molar-refractivity contribution is 14.1. The van der Waals surface area contributed by atoms with Gasteiger partial charge in [0.2, 0.25) is 0 Å². The molecule has 0 fully saturated rings. The zero-order valence-corrected chi connectivity index (χ0v) is 13.9. The molecule has 0 spiro atoms. The van der Waals surface area contributed by atoms with E-state index in [0.29, 0.717) is 6.04 Å². The minimum Gasteiger partial charge on any atom is -0.271 e. The molecule has 3 N–H and O–H groups in total. The van der Waals surface area contributed by atoms with Crippen molar-refractivity contribution < 1.29 is 0 Å². The van der Waals surface area contributed by atoms with Crippen LogP contribution in [0.15, 0.2) is 48.5 Å². The molecule has 0 aliphatic rings. The molecule has 0 amide bonds. The van der Waals surface area contributed by atoms with Crippen LogP contribution in [-0.2, 0) is 12.8 Å². The van der Waals surface area contributed by atoms with E-state index in [0.717, 1.165) is 19.3 Å². The lowest BCUT2D eigenvalue weighted by Gasteiger charge is -2.16. The van der Waals surface area contributed by atoms with Crippen molar-refractivity contribution in [1.29, 1.82) is 0 Å². The molecule has 0 heterocycles. The Morgan fingerprint density at radius 3 is 2.20 bits per heavy atom. The molecule has 2 aromatic rings. The Hall–Kier alpha value is -0.910. The van der Waals surface area contributed by atoms with Crippen molar-refractivity contribution in [2.24, 2.45) is 5.84 Å². The monoisotopic (exact) mass is 380 g/mol. The summed E-state index contributed by atoms with van der Waals surface area (Å²) in [5.41, 5.74) is 6.96. The largest absolute Gasteiger partial charge is 0.271 e. The number of nitrogens with one attached hydrogen (secondary N) is 1. The zero-order chi connectivity index (χ0) is 14.4. The van der Waals surface area contributed by atoms with E-state index in [1.165, 1.54) is 20.3 Å². The van der Waals surface area contributed by atoms with E-state index in [1.807, 2.05) is 0 Å². The van der Waals surface area contributed by atoms with Crippen LogP contribution in [0.2, 0.25) is 0 Å². The van der Waals surface area contributed by atoms with Crippen LogP contribution in [0, 0.1) is 10.5 Å². The number of halogens is 1. The third-order valence-electron chi connectivity index (χ3n) is 3.53. The van der Waals surface area contributed by atoms with Crippen molar-refractivity contribution in [3.05, 3.63) is 68.8 Å². The minimum absolute atomic E-state index is 0.316. The summed E-state index contributed by atoms with van der Waals surface area (Å²) in [5.74, 6) is 5.69. The summed E-state index contributed by atoms with van der Waals surface area (Å²) in [6.07, 6.45) is 3.07. The van der Waals surface area contributed by atoms with Crippen LogP contribution in [0.25, 0.3) is 0 Å². The molecule has 106 valence electrons. The van der Waals surface area contributed by atoms with E-state index in [2.05, 4.69) is 83.5 Å². The highest BCUT2D eigenvalue weighted by Gasteiger charge is 2.08. The summed E-state index contributed by atoms with van der Waals surface area (Å²) >= 11 is 2.33. The molecule has 1 atom stereocenters. The van der Waals surface area contributed by atoms with E-state index < -0.39 is 0 Å². The Labute approximate surface area is 134 Å². The number of hydrogen-bond acceptors (Lipinski definition) is 2. The lowest BCUT2D eigenvalue weighted by Crippen LogP contribution is -2.37. The molecule has 0 bridgehead atoms. The Morgan fingerprint density at radius 1 is 1.00 bits per heavy atom. The van der Waals surface area contributed by atoms with Gasteiger partial charge in [-0.05, 0) is 72.0 Å². The Balaban J connectivity index is 1.88. The summed E-state index contributed by atoms with van der Waals surface area (Å²) in [7, 11) is 0. The highest BCUT2D eigenvalue weighted by atomic mass is 127. The fourth-order valence-electron chi connectivity index (χ4n) is 2.24. The molecule has 0 aliphatic carbocycles. The van der Waals surface area contributed by atoms with E-state index in [4.69, 9.17) is 5.84 Å². The van der Waals surface area contributed by atoms with Gasteiger partial charge in [0.15, 0.2) is 0 Å². The normalized spacial score (nSPS) is 12.3. The number of benzene rings is 2. The molecule has 20 heavy (non-hydrogen) atoms. The first-order chi connectivity index (χ1) is 9.67. The van der Waals surface area contributed by atoms with Gasteiger partial charge in [0.05, 0.1) is 0 Å². The first-order valence-corrected chi connectivity index (χ1v) is 8.01. The van der Waals surface area contributed by atoms with Crippen molar-refractivity contribution in [3.63, 3.8) is 0 Å². The molecular formula is C17H21IN2. The topological polar surface area (TPSA) is 38.0 Å². The average Bonchev–Trinajstić information content (AvgIpc) is 2.47. The number of aryl methyl sites for hydroxylation is 2. The Morgan fingerprint density at radius 2 is 1.60 bits per heavy atom. The van der Waals surface area contributed by atoms with Gasteiger partial charge < -0.3 is 0 Å². The van der Waals surface area contributed by atoms with Gasteiger partial charge in [-0.15, -0.1) is 0 Å². The van der Waals surface area contributed by atoms with Crippen LogP contribution < -0.4 is 11.3 Å². The molecule has 0 radical (unpaired) electrons. The fourth-order valence-corrected chi connectivity index (χ4v) is 2.60. The molecule has 0 aromatic heterocycles. The van der Waals surface area contributed by atoms with Crippen LogP contribution in [0.5, 0.6) is 0 Å². The van der Waals surface area contributed by atoms with Crippen molar-refractivity contribution in [3.8, 4) is 0 Å². The standard InChI is InChI=1S/C17H21IN2/c1-13-2-4-14(5-3-13)8-11-17(20-19)12-15-6-9-16(18)10-7-15/h2-7,9-10,17,20H,8,11-12,19H2,1H3. The van der Waals surface area contributed by atoms with E-state index >= 15 is 0 Å². The van der Waals surface area contributed by atoms with Gasteiger partial charge in [-0.2, -0.15) is 0 Å². The summed E-state index contributed by atoms with van der Waals surface area (Å²) in [5, 5.41) is 0. The molecule has 2 rings (SSSR count). The van der Waals surface area contributed by atoms with E-state index in [1.54, 1.807) is 0 Å². The fraction of sp³-hybridized carbons (Fsp3) is 0.294. The maximum atomic E-state index is 5.69. The van der Waals surface area contributed by atoms with E-state index in [-0.39, 0.29) is 0 Å². The van der Waals surface area contributed by atoms with Gasteiger partial charge >= 0.3 is 0 Å². The van der Waals surface area contributed by atoms with E-state index in [9.17, 15) is 0 Å². The number of hydrogen-bond donors (Lipinski definition) is 2. The first kappa shape index (κ1) is 15.5. The van der Waals surface area contributed by atoms with Gasteiger partial charge in [-0.1, -0.05) is 42.0 Å². The number of hydrazine groups is 1. The second kappa shape index (κ2) is 7.76. The molecule has 0 saturated heterocycles. The molecule has 0 aliphatic heterocycles. The first-order valence-electron chi connectivity index (χ1n) is 6.93. The number of nitrogens with two attached hydrogens (primary N) is 1. The quantitative estimate of drug-likeness (QED) is 0.457. The Kier molecular flexibility index (Phi) is 6.01. The lowest BCUT2D eigenvalue weighted by molar-refractivity contribution is 0.491. The van der Waals surface area contributed by atoms with Gasteiger partial charge in [0.25, 0.3) is 0 Å². The molecular weight excluding hydrogens is 359 g/mol. The maximum Gasteiger partial charge on any atom is 0.0254 e. The third kappa shape index (κ3) is 4.89. The lowest BCUT2D eigenvalue weighted by atomic mass is 9.99. The van der Waals surface area contributed by atoms with Crippen LogP contribution in [-0.4, -0.2) is 6.04 Å². The predicted octanol–water partition coefficient (Wildman–Crippen LogP) is 3.61. The summed E-state index contributed by atoms with van der Waals surface area (Å²) in [4.78, 5) is 0. The Bertz CT molecular complexity index is 520. The molecule has 1 unspecified atom stereocenters. The zero-order valence-electron chi connectivity index (χ0n) is 11.8. The van der Waals surface area contributed by atoms with Gasteiger partial charge in [0, 0.05) is 9.61 Å². The SMILES string of the molecule is Cc1ccc(CCC(Cc2ccc(I)cc2)NN)cc1. The van der Waals surface area contributed by atoms with Crippen molar-refractivity contribution >= 4 is 22.6 Å². The van der Waals surface area contributed by atoms with Crippen LogP contribution >= 0.6 is 22.6 Å². The average molecular weight is 380 g/mol. The van der Waals surface area contributed by atoms with Gasteiger partial charge in [-0.25, -0.2) is 0 Å². The summed E-state index contributed by atoms with van der Waals surface area (Å²) in [6.45, 7) is 2.12. The van der Waals surface area contributed by atoms with Crippen LogP contribution in [0.3, 0.4) is 0 Å². The maximum absolute atomic E-state index is 5.69. The van der Waals surface area contributed by atoms with Crippen molar-refractivity contribution in [2.45, 2.75) is 32.2 Å². The van der Waals surface area contributed by atoms with Crippen molar-refractivity contribution in [2.75, 3.05) is 0 Å². The molecule has 0 saturated carbocycles. The number of rotatable bonds is 6. The van der Waals surface area contributed by atoms with Crippen molar-refractivity contribution in [1.82, 2.24) is 5.43 Å². The minimum atomic E-state index is 0.316. The van der Waals surface area contributed by atoms with Crippen LogP contribution in [0.1, 0.15) is 23.1 Å². The van der Waals surface area contributed by atoms with Gasteiger partial charge in [-0.3, -0.25) is 11.3 Å². The second-order valence-electron chi connectivity index (χ2n) is 5.22. The summed E-state index contributed by atoms with van der Waals surface area (Å²) < 4.78 is 1.27. The third-order valence-corrected chi connectivity index (χ3v) is 4.25. The smallest absolute Gasteiger partial charge is 0.0254 e. The predicted molar refractivity (Wildman–Crippen MR) is 93.5 cm³/mol. The molecule has 3 heteroatoms. The molecule has 2 nitrogen and oxygen atoms in total. The van der Waals surface area contributed by atoms with Crippen LogP contribution in [0.4, 0.5) is 0 Å². The summed E-state index contributed by atoms with van der Waals surface area (Å²) in [6, 6.07) is 17.7. The second-order valence-corrected chi connectivity index (χ2v) is 6.46. The van der Waals surface area contributed by atoms with Gasteiger partial charge in [0.1, 0.15) is 0 Å². The molecule has 2 aromatic carbocycles. The highest BCUT2D eigenvalue weighted by Crippen LogP contribution is 2.12.